The van der Waals surface area contributed by atoms with Crippen molar-refractivity contribution in [3.63, 3.8) is 0 Å². The third-order valence-corrected chi connectivity index (χ3v) is 2.92. The molecule has 0 aliphatic heterocycles. The summed E-state index contributed by atoms with van der Waals surface area (Å²) in [5.74, 6) is 0.208. The zero-order valence-electron chi connectivity index (χ0n) is 12.3. The number of hydrogen-bond donors (Lipinski definition) is 1. The first-order chi connectivity index (χ1) is 10.2. The van der Waals surface area contributed by atoms with E-state index in [1.165, 1.54) is 6.20 Å². The second-order valence-corrected chi connectivity index (χ2v) is 5.21. The molecule has 0 aliphatic rings. The van der Waals surface area contributed by atoms with Crippen LogP contribution in [0.3, 0.4) is 0 Å². The summed E-state index contributed by atoms with van der Waals surface area (Å²) in [6.45, 7) is 4.25. The Bertz CT molecular complexity index is 606. The normalized spacial score (nSPS) is 11.5. The number of hydrogen-bond acceptors (Lipinski definition) is 3. The van der Waals surface area contributed by atoms with Crippen molar-refractivity contribution in [1.29, 1.82) is 0 Å². The standard InChI is InChI=1S/C17H19N3O/c1-13(2)11-16(14-7-4-3-5-8-14)19-20-17(21)15-9-6-10-18-12-15/h3-10,12-13H,11H2,1-2H3,(H,20,21)/b19-16-. The molecule has 0 fully saturated rings. The van der Waals surface area contributed by atoms with E-state index in [1.807, 2.05) is 30.3 Å². The average molecular weight is 281 g/mol. The fraction of sp³-hybridized carbons (Fsp3) is 0.235. The van der Waals surface area contributed by atoms with Crippen LogP contribution in [0.15, 0.2) is 60.0 Å². The maximum atomic E-state index is 12.0. The number of nitrogens with one attached hydrogen (secondary N) is 1. The van der Waals surface area contributed by atoms with Crippen LogP contribution in [0.5, 0.6) is 0 Å². The van der Waals surface area contributed by atoms with Crippen molar-refractivity contribution in [3.8, 4) is 0 Å². The molecule has 108 valence electrons. The lowest BCUT2D eigenvalue weighted by molar-refractivity contribution is 0.0954. The minimum atomic E-state index is -0.250. The molecule has 0 bridgehead atoms. The van der Waals surface area contributed by atoms with Crippen molar-refractivity contribution in [2.24, 2.45) is 11.0 Å². The lowest BCUT2D eigenvalue weighted by atomic mass is 10.0. The van der Waals surface area contributed by atoms with Gasteiger partial charge in [-0.05, 0) is 30.0 Å². The first-order valence-electron chi connectivity index (χ1n) is 6.99. The van der Waals surface area contributed by atoms with Gasteiger partial charge in [-0.15, -0.1) is 0 Å². The Morgan fingerprint density at radius 3 is 2.48 bits per heavy atom. The van der Waals surface area contributed by atoms with Crippen LogP contribution in [0.4, 0.5) is 0 Å². The van der Waals surface area contributed by atoms with Crippen LogP contribution in [0.1, 0.15) is 36.2 Å². The third kappa shape index (κ3) is 4.53. The highest BCUT2D eigenvalue weighted by Crippen LogP contribution is 2.10. The van der Waals surface area contributed by atoms with E-state index in [0.29, 0.717) is 11.5 Å². The molecule has 1 heterocycles. The van der Waals surface area contributed by atoms with Crippen molar-refractivity contribution in [1.82, 2.24) is 10.4 Å². The second-order valence-electron chi connectivity index (χ2n) is 5.21. The highest BCUT2D eigenvalue weighted by Gasteiger charge is 2.08. The fourth-order valence-corrected chi connectivity index (χ4v) is 1.93. The second kappa shape index (κ2) is 7.33. The highest BCUT2D eigenvalue weighted by atomic mass is 16.2. The quantitative estimate of drug-likeness (QED) is 0.675. The number of pyridine rings is 1. The minimum absolute atomic E-state index is 0.250. The van der Waals surface area contributed by atoms with Gasteiger partial charge >= 0.3 is 0 Å². The molecule has 1 aromatic heterocycles. The van der Waals surface area contributed by atoms with E-state index in [2.05, 4.69) is 29.4 Å². The van der Waals surface area contributed by atoms with Gasteiger partial charge in [0.05, 0.1) is 11.3 Å². The summed E-state index contributed by atoms with van der Waals surface area (Å²) >= 11 is 0. The Kier molecular flexibility index (Phi) is 5.21. The van der Waals surface area contributed by atoms with Gasteiger partial charge in [0.15, 0.2) is 0 Å². The molecule has 1 amide bonds. The Labute approximate surface area is 124 Å². The van der Waals surface area contributed by atoms with Gasteiger partial charge in [0, 0.05) is 12.4 Å². The maximum Gasteiger partial charge on any atom is 0.272 e. The molecule has 0 spiro atoms. The van der Waals surface area contributed by atoms with Crippen molar-refractivity contribution < 1.29 is 4.79 Å². The van der Waals surface area contributed by atoms with E-state index in [1.54, 1.807) is 18.3 Å². The van der Waals surface area contributed by atoms with Gasteiger partial charge in [-0.1, -0.05) is 44.2 Å². The largest absolute Gasteiger partial charge is 0.272 e. The Balaban J connectivity index is 2.16. The predicted molar refractivity (Wildman–Crippen MR) is 84.1 cm³/mol. The van der Waals surface area contributed by atoms with E-state index < -0.39 is 0 Å². The molecule has 21 heavy (non-hydrogen) atoms. The number of amides is 1. The maximum absolute atomic E-state index is 12.0. The number of benzene rings is 1. The molecule has 1 aromatic carbocycles. The zero-order chi connectivity index (χ0) is 15.1. The van der Waals surface area contributed by atoms with E-state index in [0.717, 1.165) is 17.7 Å². The summed E-state index contributed by atoms with van der Waals surface area (Å²) in [5, 5.41) is 4.30. The molecule has 0 aliphatic carbocycles. The molecule has 4 nitrogen and oxygen atoms in total. The van der Waals surface area contributed by atoms with Crippen molar-refractivity contribution in [3.05, 3.63) is 66.0 Å². The van der Waals surface area contributed by atoms with Crippen LogP contribution in [0, 0.1) is 5.92 Å². The lowest BCUT2D eigenvalue weighted by Crippen LogP contribution is -2.21. The summed E-state index contributed by atoms with van der Waals surface area (Å²) in [6.07, 6.45) is 3.96. The molecular weight excluding hydrogens is 262 g/mol. The third-order valence-electron chi connectivity index (χ3n) is 2.92. The van der Waals surface area contributed by atoms with E-state index in [-0.39, 0.29) is 5.91 Å². The topological polar surface area (TPSA) is 54.4 Å². The van der Waals surface area contributed by atoms with E-state index in [9.17, 15) is 4.79 Å². The zero-order valence-corrected chi connectivity index (χ0v) is 12.3. The van der Waals surface area contributed by atoms with Crippen LogP contribution < -0.4 is 5.43 Å². The fourth-order valence-electron chi connectivity index (χ4n) is 1.93. The molecule has 1 N–H and O–H groups in total. The van der Waals surface area contributed by atoms with Crippen molar-refractivity contribution >= 4 is 11.6 Å². The Morgan fingerprint density at radius 1 is 1.14 bits per heavy atom. The van der Waals surface area contributed by atoms with Crippen molar-refractivity contribution in [2.75, 3.05) is 0 Å². The molecule has 0 atom stereocenters. The van der Waals surface area contributed by atoms with Gasteiger partial charge in [0.1, 0.15) is 0 Å². The predicted octanol–water partition coefficient (Wildman–Crippen LogP) is 3.26. The van der Waals surface area contributed by atoms with Crippen LogP contribution in [0.25, 0.3) is 0 Å². The molecule has 0 radical (unpaired) electrons. The summed E-state index contributed by atoms with van der Waals surface area (Å²) in [4.78, 5) is 15.9. The molecule has 0 unspecified atom stereocenters. The smallest absolute Gasteiger partial charge is 0.267 e. The summed E-state index contributed by atoms with van der Waals surface area (Å²) < 4.78 is 0. The van der Waals surface area contributed by atoms with Gasteiger partial charge in [-0.25, -0.2) is 5.43 Å². The number of aromatic nitrogens is 1. The lowest BCUT2D eigenvalue weighted by Gasteiger charge is -2.09. The van der Waals surface area contributed by atoms with Gasteiger partial charge in [0.2, 0.25) is 0 Å². The minimum Gasteiger partial charge on any atom is -0.267 e. The molecule has 0 saturated heterocycles. The van der Waals surface area contributed by atoms with Crippen LogP contribution in [-0.2, 0) is 0 Å². The number of carbonyl (C=O) groups is 1. The molecule has 2 aromatic rings. The highest BCUT2D eigenvalue weighted by molar-refractivity contribution is 6.02. The molecule has 2 rings (SSSR count). The summed E-state index contributed by atoms with van der Waals surface area (Å²) in [7, 11) is 0. The van der Waals surface area contributed by atoms with E-state index >= 15 is 0 Å². The van der Waals surface area contributed by atoms with Gasteiger partial charge in [-0.3, -0.25) is 9.78 Å². The number of carbonyl (C=O) groups excluding carboxylic acids is 1. The number of nitrogens with zero attached hydrogens (tertiary/aromatic N) is 2. The van der Waals surface area contributed by atoms with Gasteiger partial charge < -0.3 is 0 Å². The van der Waals surface area contributed by atoms with Gasteiger partial charge in [-0.2, -0.15) is 5.10 Å². The number of hydrazone groups is 1. The Morgan fingerprint density at radius 2 is 1.86 bits per heavy atom. The first-order valence-corrected chi connectivity index (χ1v) is 6.99. The summed E-state index contributed by atoms with van der Waals surface area (Å²) in [6, 6.07) is 13.3. The van der Waals surface area contributed by atoms with Crippen LogP contribution >= 0.6 is 0 Å². The molecular formula is C17H19N3O. The summed E-state index contributed by atoms with van der Waals surface area (Å²) in [5.41, 5.74) is 5.01. The monoisotopic (exact) mass is 281 g/mol. The first kappa shape index (κ1) is 14.9. The molecule has 0 saturated carbocycles. The SMILES string of the molecule is CC(C)C/C(=N/NC(=O)c1cccnc1)c1ccccc1. The van der Waals surface area contributed by atoms with E-state index in [4.69, 9.17) is 0 Å². The Hall–Kier alpha value is -2.49. The van der Waals surface area contributed by atoms with Crippen LogP contribution in [0.2, 0.25) is 0 Å². The molecule has 4 heteroatoms. The average Bonchev–Trinajstić information content (AvgIpc) is 2.52. The van der Waals surface area contributed by atoms with Gasteiger partial charge in [0.25, 0.3) is 5.91 Å². The van der Waals surface area contributed by atoms with Crippen molar-refractivity contribution in [2.45, 2.75) is 20.3 Å². The van der Waals surface area contributed by atoms with Crippen LogP contribution in [-0.4, -0.2) is 16.6 Å². The number of rotatable bonds is 5.